The van der Waals surface area contributed by atoms with Crippen molar-refractivity contribution in [2.24, 2.45) is 11.7 Å². The number of nitrogens with one attached hydrogen (secondary N) is 1. The molecule has 0 radical (unpaired) electrons. The summed E-state index contributed by atoms with van der Waals surface area (Å²) in [6, 6.07) is 6.08. The van der Waals surface area contributed by atoms with Crippen LogP contribution in [0.3, 0.4) is 0 Å². The Morgan fingerprint density at radius 2 is 2.27 bits per heavy atom. The third-order valence-electron chi connectivity index (χ3n) is 4.84. The van der Waals surface area contributed by atoms with Crippen molar-refractivity contribution in [2.45, 2.75) is 38.8 Å². The van der Waals surface area contributed by atoms with Gasteiger partial charge < -0.3 is 11.1 Å². The fourth-order valence-electron chi connectivity index (χ4n) is 3.25. The van der Waals surface area contributed by atoms with Crippen molar-refractivity contribution in [1.82, 2.24) is 20.1 Å². The highest BCUT2D eigenvalue weighted by Gasteiger charge is 2.32. The fraction of sp³-hybridized carbons (Fsp3) is 0.421. The van der Waals surface area contributed by atoms with Crippen LogP contribution in [0, 0.1) is 5.92 Å². The molecule has 1 atom stereocenters. The van der Waals surface area contributed by atoms with Crippen molar-refractivity contribution in [1.29, 1.82) is 0 Å². The Hall–Kier alpha value is -2.25. The molecule has 3 N–H and O–H groups in total. The Kier molecular flexibility index (Phi) is 4.50. The van der Waals surface area contributed by atoms with Gasteiger partial charge in [-0.1, -0.05) is 6.07 Å². The van der Waals surface area contributed by atoms with Crippen LogP contribution in [0.4, 0.5) is 0 Å². The van der Waals surface area contributed by atoms with Gasteiger partial charge in [0.1, 0.15) is 0 Å². The number of nitrogens with two attached hydrogens (primary N) is 1. The highest BCUT2D eigenvalue weighted by Crippen LogP contribution is 2.33. The van der Waals surface area contributed by atoms with Gasteiger partial charge in [0.15, 0.2) is 5.65 Å². The van der Waals surface area contributed by atoms with E-state index in [1.54, 1.807) is 17.5 Å². The maximum Gasteiger partial charge on any atom is 0.252 e. The summed E-state index contributed by atoms with van der Waals surface area (Å²) in [5.41, 5.74) is 8.02. The van der Waals surface area contributed by atoms with Crippen LogP contribution in [-0.4, -0.2) is 33.3 Å². The summed E-state index contributed by atoms with van der Waals surface area (Å²) in [5.74, 6) is 0.414. The lowest BCUT2D eigenvalue weighted by Gasteiger charge is -2.17. The first-order valence-corrected chi connectivity index (χ1v) is 9.89. The summed E-state index contributed by atoms with van der Waals surface area (Å²) in [6.45, 7) is 4.58. The SMILES string of the molecule is CC(C)n1ncc2c(C(=O)NC(CN)C3CC3)cc(-c3cccs3)nc21. The number of carbonyl (C=O) groups excluding carboxylic acids is 1. The van der Waals surface area contributed by atoms with Crippen molar-refractivity contribution in [3.8, 4) is 10.6 Å². The maximum atomic E-state index is 13.0. The van der Waals surface area contributed by atoms with Crippen LogP contribution < -0.4 is 11.1 Å². The fourth-order valence-corrected chi connectivity index (χ4v) is 3.93. The molecule has 1 amide bonds. The Balaban J connectivity index is 1.80. The van der Waals surface area contributed by atoms with E-state index in [0.717, 1.165) is 34.4 Å². The second-order valence-corrected chi connectivity index (χ2v) is 8.05. The molecule has 6 nitrogen and oxygen atoms in total. The van der Waals surface area contributed by atoms with Crippen molar-refractivity contribution < 1.29 is 4.79 Å². The van der Waals surface area contributed by atoms with E-state index in [1.165, 1.54) is 0 Å². The van der Waals surface area contributed by atoms with Crippen LogP contribution in [0.15, 0.2) is 29.8 Å². The minimum Gasteiger partial charge on any atom is -0.348 e. The monoisotopic (exact) mass is 369 g/mol. The molecule has 4 rings (SSSR count). The lowest BCUT2D eigenvalue weighted by molar-refractivity contribution is 0.0935. The predicted octanol–water partition coefficient (Wildman–Crippen LogP) is 3.21. The summed E-state index contributed by atoms with van der Waals surface area (Å²) < 4.78 is 1.87. The lowest BCUT2D eigenvalue weighted by Crippen LogP contribution is -2.41. The summed E-state index contributed by atoms with van der Waals surface area (Å²) in [4.78, 5) is 18.9. The molecule has 7 heteroatoms. The molecule has 0 saturated heterocycles. The molecule has 0 spiro atoms. The number of hydrogen-bond donors (Lipinski definition) is 2. The van der Waals surface area contributed by atoms with Crippen molar-refractivity contribution in [3.05, 3.63) is 35.3 Å². The van der Waals surface area contributed by atoms with Gasteiger partial charge in [-0.15, -0.1) is 11.3 Å². The van der Waals surface area contributed by atoms with Gasteiger partial charge in [-0.05, 0) is 50.1 Å². The second-order valence-electron chi connectivity index (χ2n) is 7.11. The minimum atomic E-state index is -0.0964. The smallest absolute Gasteiger partial charge is 0.252 e. The first kappa shape index (κ1) is 17.2. The van der Waals surface area contributed by atoms with Crippen LogP contribution in [0.25, 0.3) is 21.6 Å². The maximum absolute atomic E-state index is 13.0. The van der Waals surface area contributed by atoms with Gasteiger partial charge in [0.2, 0.25) is 0 Å². The van der Waals surface area contributed by atoms with Crippen molar-refractivity contribution in [3.63, 3.8) is 0 Å². The van der Waals surface area contributed by atoms with Gasteiger partial charge in [0.25, 0.3) is 5.91 Å². The van der Waals surface area contributed by atoms with Gasteiger partial charge in [-0.25, -0.2) is 9.67 Å². The number of pyridine rings is 1. The van der Waals surface area contributed by atoms with E-state index in [9.17, 15) is 4.79 Å². The Bertz CT molecular complexity index is 927. The van der Waals surface area contributed by atoms with Crippen LogP contribution in [0.2, 0.25) is 0 Å². The number of thiophene rings is 1. The van der Waals surface area contributed by atoms with Gasteiger partial charge in [-0.3, -0.25) is 4.79 Å². The van der Waals surface area contributed by atoms with E-state index < -0.39 is 0 Å². The summed E-state index contributed by atoms with van der Waals surface area (Å²) in [7, 11) is 0. The zero-order valence-corrected chi connectivity index (χ0v) is 15.8. The predicted molar refractivity (Wildman–Crippen MR) is 104 cm³/mol. The third kappa shape index (κ3) is 3.12. The Labute approximate surface area is 156 Å². The quantitative estimate of drug-likeness (QED) is 0.699. The highest BCUT2D eigenvalue weighted by molar-refractivity contribution is 7.13. The first-order valence-electron chi connectivity index (χ1n) is 9.01. The molecule has 0 aromatic carbocycles. The zero-order valence-electron chi connectivity index (χ0n) is 15.0. The molecule has 1 aliphatic rings. The number of fused-ring (bicyclic) bond motifs is 1. The molecule has 26 heavy (non-hydrogen) atoms. The van der Waals surface area contributed by atoms with Crippen molar-refractivity contribution in [2.75, 3.05) is 6.54 Å². The normalized spacial score (nSPS) is 15.5. The molecule has 1 saturated carbocycles. The van der Waals surface area contributed by atoms with E-state index >= 15 is 0 Å². The molecule has 3 aromatic rings. The molecule has 136 valence electrons. The number of nitrogens with zero attached hydrogens (tertiary/aromatic N) is 3. The Morgan fingerprint density at radius 3 is 2.88 bits per heavy atom. The average molecular weight is 369 g/mol. The van der Waals surface area contributed by atoms with Gasteiger partial charge in [-0.2, -0.15) is 5.10 Å². The van der Waals surface area contributed by atoms with Crippen molar-refractivity contribution >= 4 is 28.3 Å². The van der Waals surface area contributed by atoms with Gasteiger partial charge in [0.05, 0.1) is 27.7 Å². The summed E-state index contributed by atoms with van der Waals surface area (Å²) in [6.07, 6.45) is 4.02. The van der Waals surface area contributed by atoms with Gasteiger partial charge in [0, 0.05) is 18.6 Å². The summed E-state index contributed by atoms with van der Waals surface area (Å²) in [5, 5.41) is 10.4. The number of aromatic nitrogens is 3. The van der Waals surface area contributed by atoms with E-state index in [0.29, 0.717) is 18.0 Å². The first-order chi connectivity index (χ1) is 12.6. The number of hydrogen-bond acceptors (Lipinski definition) is 5. The molecule has 1 fully saturated rings. The standard InChI is InChI=1S/C19H23N5OS/c1-11(2)24-18-14(10-21-24)13(8-15(22-18)17-4-3-7-26-17)19(25)23-16(9-20)12-5-6-12/h3-4,7-8,10-12,16H,5-6,9,20H2,1-2H3,(H,23,25). The topological polar surface area (TPSA) is 85.8 Å². The van der Waals surface area contributed by atoms with Crippen LogP contribution in [-0.2, 0) is 0 Å². The molecule has 3 aromatic heterocycles. The Morgan fingerprint density at radius 1 is 1.46 bits per heavy atom. The second kappa shape index (κ2) is 6.81. The van der Waals surface area contributed by atoms with Crippen LogP contribution in [0.1, 0.15) is 43.1 Å². The molecule has 1 unspecified atom stereocenters. The highest BCUT2D eigenvalue weighted by atomic mass is 32.1. The number of rotatable bonds is 6. The van der Waals surface area contributed by atoms with E-state index in [4.69, 9.17) is 10.7 Å². The minimum absolute atomic E-state index is 0.0380. The molecule has 0 aliphatic heterocycles. The lowest BCUT2D eigenvalue weighted by atomic mass is 10.1. The molecular formula is C19H23N5OS. The molecule has 1 aliphatic carbocycles. The largest absolute Gasteiger partial charge is 0.348 e. The van der Waals surface area contributed by atoms with Crippen LogP contribution in [0.5, 0.6) is 0 Å². The number of amides is 1. The molecular weight excluding hydrogens is 346 g/mol. The molecule has 0 bridgehead atoms. The third-order valence-corrected chi connectivity index (χ3v) is 5.73. The zero-order chi connectivity index (χ0) is 18.3. The number of carbonyl (C=O) groups is 1. The molecule has 3 heterocycles. The van der Waals surface area contributed by atoms with E-state index in [-0.39, 0.29) is 18.0 Å². The average Bonchev–Trinajstić information content (AvgIpc) is 3.15. The van der Waals surface area contributed by atoms with E-state index in [1.807, 2.05) is 28.3 Å². The van der Waals surface area contributed by atoms with E-state index in [2.05, 4.69) is 24.3 Å². The van der Waals surface area contributed by atoms with Crippen LogP contribution >= 0.6 is 11.3 Å². The van der Waals surface area contributed by atoms with Gasteiger partial charge >= 0.3 is 0 Å². The summed E-state index contributed by atoms with van der Waals surface area (Å²) >= 11 is 1.61.